The van der Waals surface area contributed by atoms with E-state index in [1.54, 1.807) is 0 Å². The predicted molar refractivity (Wildman–Crippen MR) is 210 cm³/mol. The number of hydrogen-bond donors (Lipinski definition) is 0. The van der Waals surface area contributed by atoms with E-state index in [9.17, 15) is 0 Å². The highest BCUT2D eigenvalue weighted by molar-refractivity contribution is 5.46. The summed E-state index contributed by atoms with van der Waals surface area (Å²) in [5.41, 5.74) is 12.0. The molecule has 0 saturated heterocycles. The van der Waals surface area contributed by atoms with Crippen LogP contribution in [0.2, 0.25) is 0 Å². The molecule has 0 fully saturated rings. The zero-order chi connectivity index (χ0) is 33.6. The standard InChI is InChI=1S/C48H64/c1-5-9-13-29-45-37-21-17-23-39(33-37)46(30-14-10-6-2)41-25-19-27-43(35-41)48(32-16-12-8-4)44-28-20-26-42(36-44)47(31-15-11-7-3)40-24-18-22-38(45)34-40/h17-28,33-36,45-48H,5-16,29-32H2,1-4H3. The second kappa shape index (κ2) is 19.2. The Morgan fingerprint density at radius 3 is 0.646 bits per heavy atom. The van der Waals surface area contributed by atoms with Crippen molar-refractivity contribution in [2.24, 2.45) is 0 Å². The molecular weight excluding hydrogens is 577 g/mol. The molecule has 0 amide bonds. The molecule has 0 heteroatoms. The van der Waals surface area contributed by atoms with Gasteiger partial charge in [0.25, 0.3) is 0 Å². The van der Waals surface area contributed by atoms with Crippen molar-refractivity contribution in [1.29, 1.82) is 0 Å². The van der Waals surface area contributed by atoms with E-state index >= 15 is 0 Å². The summed E-state index contributed by atoms with van der Waals surface area (Å²) in [6.45, 7) is 9.33. The zero-order valence-corrected chi connectivity index (χ0v) is 30.9. The van der Waals surface area contributed by atoms with Crippen molar-refractivity contribution in [2.75, 3.05) is 0 Å². The molecule has 0 aliphatic heterocycles. The summed E-state index contributed by atoms with van der Waals surface area (Å²) in [6.07, 6.45) is 20.2. The lowest BCUT2D eigenvalue weighted by molar-refractivity contribution is 0.600. The Kier molecular flexibility index (Phi) is 14.4. The number of rotatable bonds is 16. The molecule has 0 spiro atoms. The molecule has 1 aliphatic rings. The molecule has 0 saturated carbocycles. The molecule has 0 atom stereocenters. The summed E-state index contributed by atoms with van der Waals surface area (Å²) in [5, 5.41) is 0. The topological polar surface area (TPSA) is 0 Å². The Morgan fingerprint density at radius 1 is 0.292 bits per heavy atom. The van der Waals surface area contributed by atoms with Crippen molar-refractivity contribution < 1.29 is 0 Å². The first kappa shape index (κ1) is 36.2. The van der Waals surface area contributed by atoms with E-state index in [1.807, 2.05) is 0 Å². The van der Waals surface area contributed by atoms with Crippen LogP contribution in [0.4, 0.5) is 0 Å². The molecule has 0 radical (unpaired) electrons. The minimum absolute atomic E-state index is 0.428. The third kappa shape index (κ3) is 9.52. The quantitative estimate of drug-likeness (QED) is 0.107. The molecule has 0 nitrogen and oxygen atoms in total. The van der Waals surface area contributed by atoms with Crippen molar-refractivity contribution in [1.82, 2.24) is 0 Å². The lowest BCUT2D eigenvalue weighted by atomic mass is 9.78. The molecule has 1 aliphatic carbocycles. The summed E-state index contributed by atoms with van der Waals surface area (Å²) < 4.78 is 0. The number of hydrogen-bond acceptors (Lipinski definition) is 0. The SMILES string of the molecule is CCCCCC1c2cccc(c2)C(CCCCC)c2cccc(c2)C(CCCCC)c2cccc(c2)C(CCCCC)c2cccc1c2. The van der Waals surface area contributed by atoms with Crippen LogP contribution in [0.25, 0.3) is 0 Å². The fourth-order valence-electron chi connectivity index (χ4n) is 8.47. The Bertz CT molecular complexity index is 1200. The molecule has 0 unspecified atom stereocenters. The Hall–Kier alpha value is -3.12. The van der Waals surface area contributed by atoms with Gasteiger partial charge in [0.2, 0.25) is 0 Å². The molecule has 256 valence electrons. The van der Waals surface area contributed by atoms with E-state index in [-0.39, 0.29) is 0 Å². The normalized spacial score (nSPS) is 18.9. The molecule has 8 bridgehead atoms. The highest BCUT2D eigenvalue weighted by Gasteiger charge is 2.24. The predicted octanol–water partition coefficient (Wildman–Crippen LogP) is 14.8. The van der Waals surface area contributed by atoms with Crippen LogP contribution >= 0.6 is 0 Å². The van der Waals surface area contributed by atoms with Gasteiger partial charge in [-0.25, -0.2) is 0 Å². The van der Waals surface area contributed by atoms with Crippen LogP contribution in [0.5, 0.6) is 0 Å². The summed E-state index contributed by atoms with van der Waals surface area (Å²) in [5.74, 6) is 1.71. The fraction of sp³-hybridized carbons (Fsp3) is 0.500. The third-order valence-electron chi connectivity index (χ3n) is 11.2. The lowest BCUT2D eigenvalue weighted by Crippen LogP contribution is -2.10. The van der Waals surface area contributed by atoms with Crippen LogP contribution in [-0.2, 0) is 0 Å². The zero-order valence-electron chi connectivity index (χ0n) is 30.9. The van der Waals surface area contributed by atoms with E-state index < -0.39 is 0 Å². The van der Waals surface area contributed by atoms with Gasteiger partial charge in [-0.2, -0.15) is 0 Å². The molecule has 48 heavy (non-hydrogen) atoms. The summed E-state index contributed by atoms with van der Waals surface area (Å²) in [4.78, 5) is 0. The van der Waals surface area contributed by atoms with Crippen molar-refractivity contribution >= 4 is 0 Å². The maximum atomic E-state index is 2.61. The van der Waals surface area contributed by atoms with Gasteiger partial charge in [0.1, 0.15) is 0 Å². The second-order valence-electron chi connectivity index (χ2n) is 14.9. The molecule has 5 rings (SSSR count). The average Bonchev–Trinajstić information content (AvgIpc) is 3.12. The van der Waals surface area contributed by atoms with Gasteiger partial charge in [-0.1, -0.05) is 202 Å². The first-order chi connectivity index (χ1) is 23.7. The molecule has 4 aromatic carbocycles. The number of unbranched alkanes of at least 4 members (excludes halogenated alkanes) is 8. The van der Waals surface area contributed by atoms with Crippen LogP contribution in [0, 0.1) is 0 Å². The summed E-state index contributed by atoms with van der Waals surface area (Å²) in [7, 11) is 0. The van der Waals surface area contributed by atoms with Crippen molar-refractivity contribution in [3.63, 3.8) is 0 Å². The van der Waals surface area contributed by atoms with Gasteiger partial charge < -0.3 is 0 Å². The maximum absolute atomic E-state index is 2.61. The van der Waals surface area contributed by atoms with Crippen molar-refractivity contribution in [3.8, 4) is 0 Å². The first-order valence-corrected chi connectivity index (χ1v) is 20.1. The second-order valence-corrected chi connectivity index (χ2v) is 14.9. The first-order valence-electron chi connectivity index (χ1n) is 20.1. The molecule has 0 aromatic heterocycles. The van der Waals surface area contributed by atoms with E-state index in [4.69, 9.17) is 0 Å². The van der Waals surface area contributed by atoms with Crippen LogP contribution in [0.15, 0.2) is 97.1 Å². The van der Waals surface area contributed by atoms with Gasteiger partial charge >= 0.3 is 0 Å². The lowest BCUT2D eigenvalue weighted by Gasteiger charge is -2.27. The van der Waals surface area contributed by atoms with Crippen molar-refractivity contribution in [2.45, 2.75) is 154 Å². The van der Waals surface area contributed by atoms with Crippen LogP contribution in [-0.4, -0.2) is 0 Å². The monoisotopic (exact) mass is 641 g/mol. The van der Waals surface area contributed by atoms with Crippen LogP contribution in [0.3, 0.4) is 0 Å². The highest BCUT2D eigenvalue weighted by Crippen LogP contribution is 2.41. The van der Waals surface area contributed by atoms with Gasteiger partial charge in [0.05, 0.1) is 0 Å². The van der Waals surface area contributed by atoms with Crippen molar-refractivity contribution in [3.05, 3.63) is 142 Å². The van der Waals surface area contributed by atoms with Gasteiger partial charge in [-0.3, -0.25) is 0 Å². The van der Waals surface area contributed by atoms with Gasteiger partial charge in [-0.05, 0) is 70.2 Å². The van der Waals surface area contributed by atoms with E-state index in [2.05, 4.69) is 125 Å². The van der Waals surface area contributed by atoms with E-state index in [0.717, 1.165) is 0 Å². The Balaban J connectivity index is 1.71. The van der Waals surface area contributed by atoms with Gasteiger partial charge in [0.15, 0.2) is 0 Å². The maximum Gasteiger partial charge on any atom is 0.00895 e. The highest BCUT2D eigenvalue weighted by atomic mass is 14.3. The van der Waals surface area contributed by atoms with Crippen LogP contribution < -0.4 is 0 Å². The molecule has 4 aromatic rings. The number of benzene rings is 4. The minimum Gasteiger partial charge on any atom is -0.0654 e. The summed E-state index contributed by atoms with van der Waals surface area (Å²) >= 11 is 0. The van der Waals surface area contributed by atoms with Gasteiger partial charge in [0, 0.05) is 23.7 Å². The largest absolute Gasteiger partial charge is 0.0654 e. The average molecular weight is 641 g/mol. The van der Waals surface area contributed by atoms with E-state index in [0.29, 0.717) is 23.7 Å². The minimum atomic E-state index is 0.428. The van der Waals surface area contributed by atoms with Crippen LogP contribution in [0.1, 0.15) is 199 Å². The third-order valence-corrected chi connectivity index (χ3v) is 11.2. The Labute approximate surface area is 294 Å². The molecular formula is C48H64. The molecule has 0 N–H and O–H groups in total. The van der Waals surface area contributed by atoms with E-state index in [1.165, 1.54) is 147 Å². The molecule has 0 heterocycles. The smallest absolute Gasteiger partial charge is 0.00895 e. The Morgan fingerprint density at radius 2 is 0.479 bits per heavy atom. The van der Waals surface area contributed by atoms with Gasteiger partial charge in [-0.15, -0.1) is 0 Å². The summed E-state index contributed by atoms with van der Waals surface area (Å²) in [6, 6.07) is 39.4. The number of fused-ring (bicyclic) bond motifs is 8. The fourth-order valence-corrected chi connectivity index (χ4v) is 8.47.